The molecule has 0 saturated heterocycles. The minimum Gasteiger partial charge on any atom is -0.455 e. The smallest absolute Gasteiger partial charge is 0.143 e. The first-order valence-corrected chi connectivity index (χ1v) is 18.9. The van der Waals surface area contributed by atoms with E-state index in [2.05, 4.69) is 217 Å². The van der Waals surface area contributed by atoms with Crippen LogP contribution in [0.2, 0.25) is 0 Å². The van der Waals surface area contributed by atoms with E-state index in [9.17, 15) is 0 Å². The van der Waals surface area contributed by atoms with Crippen LogP contribution in [0.25, 0.3) is 55.0 Å². The number of fused-ring (bicyclic) bond motifs is 8. The Bertz CT molecular complexity index is 3000. The number of para-hydroxylation sites is 3. The van der Waals surface area contributed by atoms with E-state index in [0.717, 1.165) is 55.5 Å². The second-order valence-corrected chi connectivity index (χ2v) is 14.4. The molecule has 0 radical (unpaired) electrons. The van der Waals surface area contributed by atoms with E-state index in [1.54, 1.807) is 0 Å². The van der Waals surface area contributed by atoms with Gasteiger partial charge in [0.15, 0.2) is 0 Å². The van der Waals surface area contributed by atoms with Gasteiger partial charge in [-0.25, -0.2) is 0 Å². The summed E-state index contributed by atoms with van der Waals surface area (Å²) >= 11 is 0. The molecular weight excluding hydrogens is 667 g/mol. The normalized spacial score (nSPS) is 12.9. The predicted octanol–water partition coefficient (Wildman–Crippen LogP) is 14.2. The minimum absolute atomic E-state index is 0.505. The van der Waals surface area contributed by atoms with Crippen LogP contribution >= 0.6 is 0 Å². The highest BCUT2D eigenvalue weighted by molar-refractivity contribution is 6.17. The molecule has 55 heavy (non-hydrogen) atoms. The third kappa shape index (κ3) is 4.68. The molecule has 0 bridgehead atoms. The van der Waals surface area contributed by atoms with Crippen LogP contribution < -0.4 is 4.90 Å². The molecule has 1 aromatic heterocycles. The van der Waals surface area contributed by atoms with Crippen molar-refractivity contribution in [2.75, 3.05) is 4.90 Å². The molecule has 1 aliphatic carbocycles. The SMILES string of the molecule is c1ccc(N(c2ccc3c(c2)C(c2ccccc2)(c2ccccc2)c2ccccc2-3)c2ccccc2-c2cccc3c2oc2c4ccccc4ccc32)cc1. The van der Waals surface area contributed by atoms with E-state index in [4.69, 9.17) is 4.42 Å². The molecule has 0 N–H and O–H groups in total. The van der Waals surface area contributed by atoms with Crippen molar-refractivity contribution in [3.05, 3.63) is 235 Å². The van der Waals surface area contributed by atoms with Crippen molar-refractivity contribution in [1.82, 2.24) is 0 Å². The molecule has 0 amide bonds. The van der Waals surface area contributed by atoms with Crippen molar-refractivity contribution in [2.45, 2.75) is 5.41 Å². The fourth-order valence-electron chi connectivity index (χ4n) is 9.21. The molecule has 0 spiro atoms. The first-order valence-electron chi connectivity index (χ1n) is 18.9. The number of nitrogens with zero attached hydrogens (tertiary/aromatic N) is 1. The van der Waals surface area contributed by atoms with Crippen molar-refractivity contribution >= 4 is 49.8 Å². The first-order chi connectivity index (χ1) is 27.3. The lowest BCUT2D eigenvalue weighted by Gasteiger charge is -2.35. The van der Waals surface area contributed by atoms with E-state index < -0.39 is 5.41 Å². The Morgan fingerprint density at radius 3 is 1.71 bits per heavy atom. The second kappa shape index (κ2) is 12.5. The van der Waals surface area contributed by atoms with E-state index in [1.807, 2.05) is 0 Å². The van der Waals surface area contributed by atoms with E-state index in [1.165, 1.54) is 38.8 Å². The number of anilines is 3. The summed E-state index contributed by atoms with van der Waals surface area (Å²) in [7, 11) is 0. The minimum atomic E-state index is -0.505. The third-order valence-corrected chi connectivity index (χ3v) is 11.5. The van der Waals surface area contributed by atoms with Crippen LogP contribution in [0.15, 0.2) is 217 Å². The number of hydrogen-bond donors (Lipinski definition) is 0. The molecule has 9 aromatic carbocycles. The predicted molar refractivity (Wildman–Crippen MR) is 229 cm³/mol. The zero-order valence-electron chi connectivity index (χ0n) is 30.1. The molecule has 0 fully saturated rings. The summed E-state index contributed by atoms with van der Waals surface area (Å²) in [6.45, 7) is 0. The van der Waals surface area contributed by atoms with E-state index in [-0.39, 0.29) is 0 Å². The number of hydrogen-bond acceptors (Lipinski definition) is 2. The highest BCUT2D eigenvalue weighted by Crippen LogP contribution is 2.57. The summed E-state index contributed by atoms with van der Waals surface area (Å²) in [6, 6.07) is 76.9. The molecule has 1 heterocycles. The van der Waals surface area contributed by atoms with Gasteiger partial charge in [0.1, 0.15) is 11.2 Å². The molecule has 0 aliphatic heterocycles. The first kappa shape index (κ1) is 31.4. The molecule has 2 nitrogen and oxygen atoms in total. The maximum Gasteiger partial charge on any atom is 0.143 e. The van der Waals surface area contributed by atoms with Gasteiger partial charge in [-0.05, 0) is 75.2 Å². The third-order valence-electron chi connectivity index (χ3n) is 11.5. The number of furan rings is 1. The van der Waals surface area contributed by atoms with E-state index >= 15 is 0 Å². The van der Waals surface area contributed by atoms with Crippen LogP contribution in [0.3, 0.4) is 0 Å². The summed E-state index contributed by atoms with van der Waals surface area (Å²) < 4.78 is 6.90. The topological polar surface area (TPSA) is 16.4 Å². The molecule has 258 valence electrons. The van der Waals surface area contributed by atoms with Crippen LogP contribution in [0.5, 0.6) is 0 Å². The van der Waals surface area contributed by atoms with Gasteiger partial charge in [-0.15, -0.1) is 0 Å². The van der Waals surface area contributed by atoms with E-state index in [0.29, 0.717) is 0 Å². The molecule has 10 aromatic rings. The lowest BCUT2D eigenvalue weighted by atomic mass is 9.67. The number of benzene rings is 9. The maximum absolute atomic E-state index is 6.90. The Kier molecular flexibility index (Phi) is 7.11. The standard InChI is InChI=1S/C53H35NO/c1-4-18-37(19-5-1)53(38-20-6-2-7-21-38)48-29-14-12-25-42(48)43-34-32-40(35-49(43)53)54(39-22-8-3-9-23-39)50-30-15-13-26-44(50)45-27-16-28-46-47-33-31-36-17-10-11-24-41(36)51(47)55-52(45)46/h1-35H. The Balaban J connectivity index is 1.17. The van der Waals surface area contributed by atoms with Crippen LogP contribution in [0, 0.1) is 0 Å². The average molecular weight is 702 g/mol. The van der Waals surface area contributed by atoms with Crippen molar-refractivity contribution in [3.63, 3.8) is 0 Å². The lowest BCUT2D eigenvalue weighted by molar-refractivity contribution is 0.674. The fraction of sp³-hybridized carbons (Fsp3) is 0.0189. The van der Waals surface area contributed by atoms with Crippen molar-refractivity contribution in [1.29, 1.82) is 0 Å². The second-order valence-electron chi connectivity index (χ2n) is 14.4. The summed E-state index contributed by atoms with van der Waals surface area (Å²) in [4.78, 5) is 2.41. The van der Waals surface area contributed by atoms with Crippen LogP contribution in [-0.2, 0) is 5.41 Å². The molecule has 11 rings (SSSR count). The van der Waals surface area contributed by atoms with Crippen molar-refractivity contribution in [3.8, 4) is 22.3 Å². The van der Waals surface area contributed by atoms with Gasteiger partial charge in [0.25, 0.3) is 0 Å². The summed E-state index contributed by atoms with van der Waals surface area (Å²) in [5.41, 5.74) is 14.3. The van der Waals surface area contributed by atoms with Gasteiger partial charge in [0.05, 0.1) is 11.1 Å². The zero-order valence-corrected chi connectivity index (χ0v) is 30.1. The Morgan fingerprint density at radius 2 is 0.927 bits per heavy atom. The van der Waals surface area contributed by atoms with Gasteiger partial charge in [0.2, 0.25) is 0 Å². The van der Waals surface area contributed by atoms with Crippen LogP contribution in [0.4, 0.5) is 17.1 Å². The Labute approximate surface area is 320 Å². The van der Waals surface area contributed by atoms with Gasteiger partial charge in [-0.3, -0.25) is 0 Å². The maximum atomic E-state index is 6.90. The molecular formula is C53H35NO. The van der Waals surface area contributed by atoms with Gasteiger partial charge >= 0.3 is 0 Å². The molecule has 0 unspecified atom stereocenters. The molecule has 1 aliphatic rings. The summed E-state index contributed by atoms with van der Waals surface area (Å²) in [6.07, 6.45) is 0. The van der Waals surface area contributed by atoms with Crippen molar-refractivity contribution in [2.24, 2.45) is 0 Å². The Morgan fingerprint density at radius 1 is 0.345 bits per heavy atom. The molecule has 0 saturated carbocycles. The molecule has 0 atom stereocenters. The van der Waals surface area contributed by atoms with Crippen molar-refractivity contribution < 1.29 is 4.42 Å². The summed E-state index contributed by atoms with van der Waals surface area (Å²) in [5, 5.41) is 4.54. The average Bonchev–Trinajstić information content (AvgIpc) is 3.79. The van der Waals surface area contributed by atoms with Crippen LogP contribution in [0.1, 0.15) is 22.3 Å². The largest absolute Gasteiger partial charge is 0.455 e. The summed E-state index contributed by atoms with van der Waals surface area (Å²) in [5.74, 6) is 0. The van der Waals surface area contributed by atoms with Gasteiger partial charge in [0, 0.05) is 38.7 Å². The van der Waals surface area contributed by atoms with Gasteiger partial charge in [-0.2, -0.15) is 0 Å². The fourth-order valence-corrected chi connectivity index (χ4v) is 9.21. The molecule has 2 heteroatoms. The van der Waals surface area contributed by atoms with Crippen LogP contribution in [-0.4, -0.2) is 0 Å². The zero-order chi connectivity index (χ0) is 36.3. The monoisotopic (exact) mass is 701 g/mol. The highest BCUT2D eigenvalue weighted by Gasteiger charge is 2.46. The Hall–Kier alpha value is -7.16. The lowest BCUT2D eigenvalue weighted by Crippen LogP contribution is -2.28. The quantitative estimate of drug-likeness (QED) is 0.172. The van der Waals surface area contributed by atoms with Gasteiger partial charge < -0.3 is 9.32 Å². The number of rotatable bonds is 6. The van der Waals surface area contributed by atoms with Gasteiger partial charge in [-0.1, -0.05) is 176 Å². The highest BCUT2D eigenvalue weighted by atomic mass is 16.3.